The number of carbonyl (C=O) groups is 2. The van der Waals surface area contributed by atoms with E-state index in [0.29, 0.717) is 24.2 Å². The third kappa shape index (κ3) is 5.46. The van der Waals surface area contributed by atoms with E-state index in [0.717, 1.165) is 6.07 Å². The first-order chi connectivity index (χ1) is 10.1. The molecule has 0 fully saturated rings. The summed E-state index contributed by atoms with van der Waals surface area (Å²) in [7, 11) is 0. The van der Waals surface area contributed by atoms with Crippen molar-refractivity contribution in [3.05, 3.63) is 39.8 Å². The second-order valence-corrected chi connectivity index (χ2v) is 6.89. The molecular formula is C14H15F2N3O2S. The standard InChI is InChI=1S/C14H15F2N3O2S/c1-14(2,3)5-4-12(20)22-11-6-8(13(21)18-19-17)9(15)7-10(11)16/h6-7H,4-5H2,1-3H3. The van der Waals surface area contributed by atoms with Crippen LogP contribution in [-0.4, -0.2) is 11.0 Å². The zero-order valence-corrected chi connectivity index (χ0v) is 13.2. The Kier molecular flexibility index (Phi) is 6.08. The van der Waals surface area contributed by atoms with Gasteiger partial charge in [-0.15, -0.1) is 0 Å². The Morgan fingerprint density at radius 1 is 1.27 bits per heavy atom. The summed E-state index contributed by atoms with van der Waals surface area (Å²) in [5, 5.41) is 2.47. The summed E-state index contributed by atoms with van der Waals surface area (Å²) in [5.74, 6) is -3.24. The molecule has 1 aromatic carbocycles. The highest BCUT2D eigenvalue weighted by molar-refractivity contribution is 8.13. The number of halogens is 2. The van der Waals surface area contributed by atoms with Gasteiger partial charge in [-0.2, -0.15) is 0 Å². The van der Waals surface area contributed by atoms with Crippen molar-refractivity contribution in [1.29, 1.82) is 0 Å². The zero-order chi connectivity index (χ0) is 16.9. The fourth-order valence-electron chi connectivity index (χ4n) is 1.52. The van der Waals surface area contributed by atoms with Crippen LogP contribution in [0.15, 0.2) is 22.1 Å². The van der Waals surface area contributed by atoms with Gasteiger partial charge in [0, 0.05) is 17.4 Å². The van der Waals surface area contributed by atoms with E-state index in [4.69, 9.17) is 5.53 Å². The average Bonchev–Trinajstić information content (AvgIpc) is 2.39. The molecule has 0 aliphatic heterocycles. The Morgan fingerprint density at radius 3 is 2.45 bits per heavy atom. The van der Waals surface area contributed by atoms with Crippen LogP contribution in [0.1, 0.15) is 44.0 Å². The van der Waals surface area contributed by atoms with Crippen LogP contribution < -0.4 is 0 Å². The molecule has 8 heteroatoms. The van der Waals surface area contributed by atoms with Gasteiger partial charge in [0.15, 0.2) is 5.12 Å². The molecule has 0 saturated carbocycles. The van der Waals surface area contributed by atoms with Gasteiger partial charge in [0.05, 0.1) is 10.5 Å². The Labute approximate surface area is 130 Å². The second kappa shape index (κ2) is 7.38. The highest BCUT2D eigenvalue weighted by Crippen LogP contribution is 2.29. The monoisotopic (exact) mass is 327 g/mol. The summed E-state index contributed by atoms with van der Waals surface area (Å²) in [6.07, 6.45) is 0.844. The van der Waals surface area contributed by atoms with Crippen LogP contribution in [-0.2, 0) is 4.79 Å². The van der Waals surface area contributed by atoms with Gasteiger partial charge in [-0.3, -0.25) is 9.59 Å². The van der Waals surface area contributed by atoms with E-state index >= 15 is 0 Å². The summed E-state index contributed by atoms with van der Waals surface area (Å²) in [4.78, 5) is 25.3. The SMILES string of the molecule is CC(C)(C)CCC(=O)Sc1cc(C(=O)N=[N+]=[N-])c(F)cc1F. The summed E-state index contributed by atoms with van der Waals surface area (Å²) >= 11 is 0.602. The molecule has 0 aliphatic rings. The number of benzene rings is 1. The lowest BCUT2D eigenvalue weighted by molar-refractivity contribution is -0.111. The van der Waals surface area contributed by atoms with E-state index in [1.54, 1.807) is 0 Å². The molecule has 0 aliphatic carbocycles. The van der Waals surface area contributed by atoms with Crippen molar-refractivity contribution in [1.82, 2.24) is 0 Å². The zero-order valence-electron chi connectivity index (χ0n) is 12.4. The first-order valence-electron chi connectivity index (χ1n) is 6.43. The molecule has 0 bridgehead atoms. The molecule has 22 heavy (non-hydrogen) atoms. The molecule has 1 amide bonds. The summed E-state index contributed by atoms with van der Waals surface area (Å²) in [6.45, 7) is 5.92. The fraction of sp³-hybridized carbons (Fsp3) is 0.429. The normalized spacial score (nSPS) is 11.0. The maximum Gasteiger partial charge on any atom is 0.252 e. The van der Waals surface area contributed by atoms with Gasteiger partial charge in [-0.25, -0.2) is 8.78 Å². The largest absolute Gasteiger partial charge is 0.287 e. The van der Waals surface area contributed by atoms with Gasteiger partial charge in [0.25, 0.3) is 5.91 Å². The molecule has 0 aromatic heterocycles. The van der Waals surface area contributed by atoms with Crippen LogP contribution >= 0.6 is 11.8 Å². The second-order valence-electron chi connectivity index (χ2n) is 5.79. The molecule has 0 spiro atoms. The molecule has 118 valence electrons. The minimum Gasteiger partial charge on any atom is -0.287 e. The fourth-order valence-corrected chi connectivity index (χ4v) is 2.30. The van der Waals surface area contributed by atoms with Crippen molar-refractivity contribution in [2.75, 3.05) is 0 Å². The van der Waals surface area contributed by atoms with Crippen LogP contribution in [0.3, 0.4) is 0 Å². The highest BCUT2D eigenvalue weighted by atomic mass is 32.2. The molecule has 0 atom stereocenters. The molecule has 0 N–H and O–H groups in total. The predicted molar refractivity (Wildman–Crippen MR) is 79.4 cm³/mol. The van der Waals surface area contributed by atoms with Crippen LogP contribution in [0.4, 0.5) is 8.78 Å². The molecule has 1 rings (SSSR count). The van der Waals surface area contributed by atoms with Crippen LogP contribution in [0.5, 0.6) is 0 Å². The van der Waals surface area contributed by atoms with Crippen LogP contribution in [0.25, 0.3) is 10.4 Å². The number of rotatable bonds is 4. The lowest BCUT2D eigenvalue weighted by Gasteiger charge is -2.16. The van der Waals surface area contributed by atoms with Crippen molar-refractivity contribution in [3.8, 4) is 0 Å². The lowest BCUT2D eigenvalue weighted by atomic mass is 9.91. The average molecular weight is 327 g/mol. The topological polar surface area (TPSA) is 82.9 Å². The van der Waals surface area contributed by atoms with Gasteiger partial charge < -0.3 is 0 Å². The molecule has 1 aromatic rings. The molecule has 0 saturated heterocycles. The van der Waals surface area contributed by atoms with Crippen molar-refractivity contribution in [3.63, 3.8) is 0 Å². The van der Waals surface area contributed by atoms with Crippen molar-refractivity contribution >= 4 is 22.8 Å². The first-order valence-corrected chi connectivity index (χ1v) is 7.25. The number of azide groups is 1. The van der Waals surface area contributed by atoms with Crippen LogP contribution in [0, 0.1) is 17.0 Å². The molecule has 0 heterocycles. The maximum absolute atomic E-state index is 13.7. The Balaban J connectivity index is 2.95. The van der Waals surface area contributed by atoms with Crippen molar-refractivity contribution < 1.29 is 18.4 Å². The van der Waals surface area contributed by atoms with E-state index in [-0.39, 0.29) is 21.8 Å². The van der Waals surface area contributed by atoms with E-state index < -0.39 is 23.1 Å². The molecule has 5 nitrogen and oxygen atoms in total. The maximum atomic E-state index is 13.7. The van der Waals surface area contributed by atoms with E-state index in [1.165, 1.54) is 0 Å². The number of amides is 1. The minimum absolute atomic E-state index is 0.0415. The smallest absolute Gasteiger partial charge is 0.252 e. The van der Waals surface area contributed by atoms with Crippen molar-refractivity contribution in [2.45, 2.75) is 38.5 Å². The van der Waals surface area contributed by atoms with Gasteiger partial charge in [0.2, 0.25) is 0 Å². The Hall–Kier alpha value is -1.92. The third-order valence-electron chi connectivity index (χ3n) is 2.69. The number of carbonyl (C=O) groups excluding carboxylic acids is 2. The van der Waals surface area contributed by atoms with Gasteiger partial charge >= 0.3 is 0 Å². The Morgan fingerprint density at radius 2 is 1.91 bits per heavy atom. The highest BCUT2D eigenvalue weighted by Gasteiger charge is 2.19. The van der Waals surface area contributed by atoms with E-state index in [2.05, 4.69) is 10.0 Å². The van der Waals surface area contributed by atoms with Crippen molar-refractivity contribution in [2.24, 2.45) is 10.5 Å². The summed E-state index contributed by atoms with van der Waals surface area (Å²) in [5.41, 5.74) is 7.58. The predicted octanol–water partition coefficient (Wildman–Crippen LogP) is 4.86. The molecule has 0 unspecified atom stereocenters. The number of thioether (sulfide) groups is 1. The van der Waals surface area contributed by atoms with Gasteiger partial charge in [-0.05, 0) is 40.3 Å². The molecule has 0 radical (unpaired) electrons. The number of hydrogen-bond donors (Lipinski definition) is 0. The van der Waals surface area contributed by atoms with Gasteiger partial charge in [-0.1, -0.05) is 20.8 Å². The third-order valence-corrected chi connectivity index (χ3v) is 3.66. The van der Waals surface area contributed by atoms with Gasteiger partial charge in [0.1, 0.15) is 11.6 Å². The van der Waals surface area contributed by atoms with E-state index in [1.807, 2.05) is 20.8 Å². The van der Waals surface area contributed by atoms with Crippen LogP contribution in [0.2, 0.25) is 0 Å². The summed E-state index contributed by atoms with van der Waals surface area (Å²) < 4.78 is 27.2. The first kappa shape index (κ1) is 18.1. The Bertz CT molecular complexity index is 650. The number of hydrogen-bond acceptors (Lipinski definition) is 3. The molecular weight excluding hydrogens is 312 g/mol. The number of nitrogens with zero attached hydrogens (tertiary/aromatic N) is 3. The quantitative estimate of drug-likeness (QED) is 0.342. The minimum atomic E-state index is -1.16. The van der Waals surface area contributed by atoms with E-state index in [9.17, 15) is 18.4 Å². The lowest BCUT2D eigenvalue weighted by Crippen LogP contribution is -2.07. The summed E-state index contributed by atoms with van der Waals surface area (Å²) in [6, 6.07) is 1.39.